The van der Waals surface area contributed by atoms with Crippen molar-refractivity contribution < 1.29 is 14.3 Å². The standard InChI is InChI=1S/C28H35N3O3S/c1-5-34-28(33)25-22-11-7-9-13-24(22)35-27(25)31-18(3)14-20(19(31)4)15-21(16-29)26(32)30-23-12-8-6-10-17(23)2/h14-15,17,23H,5-13H2,1-4H3,(H,30,32)/b21-15+/t17-,23+/m0/s1. The van der Waals surface area contributed by atoms with Gasteiger partial charge in [0.1, 0.15) is 16.6 Å². The van der Waals surface area contributed by atoms with Crippen molar-refractivity contribution in [2.24, 2.45) is 5.92 Å². The quantitative estimate of drug-likeness (QED) is 0.312. The lowest BCUT2D eigenvalue weighted by atomic mass is 9.86. The highest BCUT2D eigenvalue weighted by Gasteiger charge is 2.29. The molecule has 1 fully saturated rings. The fraction of sp³-hybridized carbons (Fsp3) is 0.536. The first kappa shape index (κ1) is 25.2. The molecule has 2 aromatic heterocycles. The molecular formula is C28H35N3O3S. The van der Waals surface area contributed by atoms with Gasteiger partial charge in [-0.1, -0.05) is 19.8 Å². The summed E-state index contributed by atoms with van der Waals surface area (Å²) in [6, 6.07) is 4.20. The minimum absolute atomic E-state index is 0.110. The zero-order valence-electron chi connectivity index (χ0n) is 21.2. The van der Waals surface area contributed by atoms with Crippen LogP contribution in [0.25, 0.3) is 11.1 Å². The molecule has 1 saturated carbocycles. The molecular weight excluding hydrogens is 458 g/mol. The first-order valence-electron chi connectivity index (χ1n) is 12.8. The van der Waals surface area contributed by atoms with E-state index in [-0.39, 0.29) is 23.5 Å². The maximum absolute atomic E-state index is 13.0. The first-order valence-corrected chi connectivity index (χ1v) is 13.6. The Morgan fingerprint density at radius 2 is 1.97 bits per heavy atom. The van der Waals surface area contributed by atoms with Crippen molar-refractivity contribution in [1.82, 2.24) is 9.88 Å². The van der Waals surface area contributed by atoms with E-state index in [4.69, 9.17) is 4.74 Å². The molecule has 0 radical (unpaired) electrons. The van der Waals surface area contributed by atoms with Crippen LogP contribution in [-0.4, -0.2) is 29.1 Å². The van der Waals surface area contributed by atoms with Gasteiger partial charge < -0.3 is 14.6 Å². The average molecular weight is 494 g/mol. The van der Waals surface area contributed by atoms with Crippen molar-refractivity contribution in [2.45, 2.75) is 85.1 Å². The Bertz CT molecular complexity index is 1200. The van der Waals surface area contributed by atoms with Gasteiger partial charge in [-0.15, -0.1) is 11.3 Å². The Labute approximate surface area is 212 Å². The minimum Gasteiger partial charge on any atom is -0.462 e. The topological polar surface area (TPSA) is 84.1 Å². The van der Waals surface area contributed by atoms with E-state index in [0.717, 1.165) is 72.5 Å². The number of ether oxygens (including phenoxy) is 1. The Morgan fingerprint density at radius 1 is 1.23 bits per heavy atom. The van der Waals surface area contributed by atoms with Crippen LogP contribution in [0.2, 0.25) is 0 Å². The van der Waals surface area contributed by atoms with Crippen LogP contribution in [0.15, 0.2) is 11.6 Å². The van der Waals surface area contributed by atoms with E-state index in [0.29, 0.717) is 18.1 Å². The fourth-order valence-electron chi connectivity index (χ4n) is 5.45. The second kappa shape index (κ2) is 10.8. The summed E-state index contributed by atoms with van der Waals surface area (Å²) in [5, 5.41) is 13.7. The molecule has 2 atom stereocenters. The monoisotopic (exact) mass is 493 g/mol. The molecule has 2 aromatic rings. The number of nitrogens with zero attached hydrogens (tertiary/aromatic N) is 2. The Hall–Kier alpha value is -2.85. The molecule has 35 heavy (non-hydrogen) atoms. The number of aromatic nitrogens is 1. The predicted octanol–water partition coefficient (Wildman–Crippen LogP) is 5.81. The summed E-state index contributed by atoms with van der Waals surface area (Å²) in [7, 11) is 0. The second-order valence-corrected chi connectivity index (χ2v) is 10.9. The summed E-state index contributed by atoms with van der Waals surface area (Å²) in [6.07, 6.45) is 10.1. The van der Waals surface area contributed by atoms with E-state index >= 15 is 0 Å². The Kier molecular flexibility index (Phi) is 7.81. The molecule has 2 aliphatic carbocycles. The lowest BCUT2D eigenvalue weighted by Crippen LogP contribution is -2.41. The van der Waals surface area contributed by atoms with Gasteiger partial charge >= 0.3 is 5.97 Å². The van der Waals surface area contributed by atoms with E-state index in [2.05, 4.69) is 22.9 Å². The lowest BCUT2D eigenvalue weighted by molar-refractivity contribution is -0.118. The van der Waals surface area contributed by atoms with Crippen molar-refractivity contribution in [2.75, 3.05) is 6.61 Å². The summed E-state index contributed by atoms with van der Waals surface area (Å²) in [4.78, 5) is 27.2. The highest BCUT2D eigenvalue weighted by molar-refractivity contribution is 7.15. The number of nitrogens with one attached hydrogen (secondary N) is 1. The van der Waals surface area contributed by atoms with Crippen LogP contribution >= 0.6 is 11.3 Å². The number of hydrogen-bond donors (Lipinski definition) is 1. The molecule has 7 heteroatoms. The van der Waals surface area contributed by atoms with E-state index in [1.165, 1.54) is 11.3 Å². The molecule has 6 nitrogen and oxygen atoms in total. The zero-order valence-corrected chi connectivity index (χ0v) is 22.0. The van der Waals surface area contributed by atoms with Gasteiger partial charge in [0, 0.05) is 22.3 Å². The Morgan fingerprint density at radius 3 is 2.69 bits per heavy atom. The normalized spacial score (nSPS) is 20.1. The van der Waals surface area contributed by atoms with Crippen LogP contribution in [0.4, 0.5) is 0 Å². The number of amides is 1. The molecule has 1 amide bonds. The van der Waals surface area contributed by atoms with Gasteiger partial charge in [0.2, 0.25) is 0 Å². The molecule has 2 heterocycles. The van der Waals surface area contributed by atoms with Gasteiger partial charge in [0.25, 0.3) is 5.91 Å². The molecule has 0 saturated heterocycles. The summed E-state index contributed by atoms with van der Waals surface area (Å²) in [5.74, 6) is -0.163. The molecule has 4 rings (SSSR count). The maximum atomic E-state index is 13.0. The van der Waals surface area contributed by atoms with Crippen molar-refractivity contribution >= 4 is 29.3 Å². The first-order chi connectivity index (χ1) is 16.8. The number of carbonyl (C=O) groups excluding carboxylic acids is 2. The van der Waals surface area contributed by atoms with Crippen molar-refractivity contribution in [3.63, 3.8) is 0 Å². The third-order valence-corrected chi connectivity index (χ3v) is 8.68. The molecule has 186 valence electrons. The molecule has 1 N–H and O–H groups in total. The third-order valence-electron chi connectivity index (χ3n) is 7.40. The summed E-state index contributed by atoms with van der Waals surface area (Å²) >= 11 is 1.66. The molecule has 2 aliphatic rings. The Balaban J connectivity index is 1.70. The number of aryl methyl sites for hydroxylation is 2. The number of rotatable bonds is 6. The van der Waals surface area contributed by atoms with E-state index in [1.807, 2.05) is 26.8 Å². The van der Waals surface area contributed by atoms with Gasteiger partial charge in [0.05, 0.1) is 12.2 Å². The molecule has 0 aromatic carbocycles. The second-order valence-electron chi connectivity index (χ2n) is 9.78. The van der Waals surface area contributed by atoms with E-state index in [1.54, 1.807) is 17.4 Å². The summed E-state index contributed by atoms with van der Waals surface area (Å²) in [5.41, 5.74) is 4.58. The largest absolute Gasteiger partial charge is 0.462 e. The maximum Gasteiger partial charge on any atom is 0.341 e. The highest BCUT2D eigenvalue weighted by Crippen LogP contribution is 2.39. The van der Waals surface area contributed by atoms with Crippen molar-refractivity contribution in [3.8, 4) is 11.1 Å². The molecule has 0 spiro atoms. The predicted molar refractivity (Wildman–Crippen MR) is 139 cm³/mol. The molecule has 0 aliphatic heterocycles. The van der Waals surface area contributed by atoms with E-state index < -0.39 is 0 Å². The smallest absolute Gasteiger partial charge is 0.341 e. The molecule has 0 unspecified atom stereocenters. The number of hydrogen-bond acceptors (Lipinski definition) is 5. The fourth-order valence-corrected chi connectivity index (χ4v) is 6.94. The number of fused-ring (bicyclic) bond motifs is 1. The van der Waals surface area contributed by atoms with Crippen LogP contribution in [0.5, 0.6) is 0 Å². The summed E-state index contributed by atoms with van der Waals surface area (Å²) in [6.45, 7) is 8.29. The number of carbonyl (C=O) groups is 2. The summed E-state index contributed by atoms with van der Waals surface area (Å²) < 4.78 is 7.52. The van der Waals surface area contributed by atoms with Crippen LogP contribution < -0.4 is 5.32 Å². The number of nitriles is 1. The SMILES string of the molecule is CCOC(=O)c1c(-n2c(C)cc(/C=C(\C#N)C(=O)N[C@@H]3CCCC[C@@H]3C)c2C)sc2c1CCCC2. The average Bonchev–Trinajstić information content (AvgIpc) is 3.35. The van der Waals surface area contributed by atoms with Gasteiger partial charge in [-0.3, -0.25) is 4.79 Å². The highest BCUT2D eigenvalue weighted by atomic mass is 32.1. The van der Waals surface area contributed by atoms with Crippen molar-refractivity contribution in [3.05, 3.63) is 44.6 Å². The van der Waals surface area contributed by atoms with Crippen LogP contribution in [0.1, 0.15) is 90.1 Å². The zero-order chi connectivity index (χ0) is 25.1. The van der Waals surface area contributed by atoms with Gasteiger partial charge in [-0.2, -0.15) is 5.26 Å². The van der Waals surface area contributed by atoms with Gasteiger partial charge in [0.15, 0.2) is 0 Å². The third kappa shape index (κ3) is 5.08. The number of esters is 1. The lowest BCUT2D eigenvalue weighted by Gasteiger charge is -2.29. The van der Waals surface area contributed by atoms with Crippen LogP contribution in [0, 0.1) is 31.1 Å². The van der Waals surface area contributed by atoms with Crippen LogP contribution in [0.3, 0.4) is 0 Å². The van der Waals surface area contributed by atoms with Gasteiger partial charge in [-0.05, 0) is 88.5 Å². The van der Waals surface area contributed by atoms with Crippen LogP contribution in [-0.2, 0) is 22.4 Å². The van der Waals surface area contributed by atoms with Crippen molar-refractivity contribution in [1.29, 1.82) is 5.26 Å². The minimum atomic E-state index is -0.310. The number of thiophene rings is 1. The molecule has 0 bridgehead atoms. The van der Waals surface area contributed by atoms with Gasteiger partial charge in [-0.25, -0.2) is 4.79 Å². The van der Waals surface area contributed by atoms with E-state index in [9.17, 15) is 14.9 Å².